The normalized spacial score (nSPS) is 23.4. The van der Waals surface area contributed by atoms with E-state index in [2.05, 4.69) is 20.8 Å². The Morgan fingerprint density at radius 1 is 1.50 bits per heavy atom. The number of hydrogen-bond donors (Lipinski definition) is 0. The molecule has 0 spiro atoms. The van der Waals surface area contributed by atoms with Crippen LogP contribution in [0.5, 0.6) is 0 Å². The molecular weight excluding hydrogens is 180 g/mol. The van der Waals surface area contributed by atoms with E-state index in [1.165, 1.54) is 0 Å². The molecule has 0 aromatic heterocycles. The van der Waals surface area contributed by atoms with Crippen molar-refractivity contribution in [2.45, 2.75) is 33.6 Å². The van der Waals surface area contributed by atoms with E-state index in [0.29, 0.717) is 5.78 Å². The molecule has 0 saturated heterocycles. The zero-order valence-electron chi connectivity index (χ0n) is 8.87. The van der Waals surface area contributed by atoms with Gasteiger partial charge >= 0.3 is 6.15 Å². The van der Waals surface area contributed by atoms with Gasteiger partial charge in [-0.2, -0.15) is 9.59 Å². The fourth-order valence-electron chi connectivity index (χ4n) is 1.59. The molecule has 3 heteroatoms. The van der Waals surface area contributed by atoms with Gasteiger partial charge in [0.05, 0.1) is 0 Å². The van der Waals surface area contributed by atoms with Crippen LogP contribution in [0.1, 0.15) is 33.6 Å². The minimum atomic E-state index is 0.231. The molecule has 14 heavy (non-hydrogen) atoms. The summed E-state index contributed by atoms with van der Waals surface area (Å²) in [5, 5.41) is 0. The molecular formula is C11H16O3. The Labute approximate surface area is 84.2 Å². The number of rotatable bonds is 1. The first-order chi connectivity index (χ1) is 6.46. The minimum absolute atomic E-state index is 0.231. The molecule has 3 nitrogen and oxygen atoms in total. The lowest BCUT2D eigenvalue weighted by Crippen LogP contribution is -2.24. The van der Waals surface area contributed by atoms with Gasteiger partial charge in [0, 0.05) is 5.92 Å². The Morgan fingerprint density at radius 2 is 2.00 bits per heavy atom. The maximum absolute atomic E-state index is 11.2. The summed E-state index contributed by atoms with van der Waals surface area (Å²) in [4.78, 5) is 27.5. The smallest absolute Gasteiger partial charge is 0.295 e. The maximum atomic E-state index is 11.2. The fraction of sp³-hybridized carbons (Fsp3) is 0.636. The highest BCUT2D eigenvalue weighted by Gasteiger charge is 2.27. The van der Waals surface area contributed by atoms with Gasteiger partial charge in [-0.3, -0.25) is 4.79 Å². The van der Waals surface area contributed by atoms with E-state index in [1.54, 1.807) is 6.08 Å². The van der Waals surface area contributed by atoms with Crippen LogP contribution >= 0.6 is 0 Å². The topological polar surface area (TPSA) is 51.2 Å². The molecule has 78 valence electrons. The standard InChI is InChI=1S/C10H16O.CO2/c1-4-8-7-10(2,3)6-5-9(8)11;2-1-3/h5-6,8H,4,7H2,1-3H3;. The van der Waals surface area contributed by atoms with Crippen LogP contribution in [0, 0.1) is 11.3 Å². The van der Waals surface area contributed by atoms with Crippen LogP contribution in [-0.4, -0.2) is 11.9 Å². The molecule has 0 saturated carbocycles. The highest BCUT2D eigenvalue weighted by molar-refractivity contribution is 5.92. The summed E-state index contributed by atoms with van der Waals surface area (Å²) in [7, 11) is 0. The quantitative estimate of drug-likeness (QED) is 0.644. The Hall–Kier alpha value is -1.21. The van der Waals surface area contributed by atoms with Crippen molar-refractivity contribution in [3.05, 3.63) is 12.2 Å². The lowest BCUT2D eigenvalue weighted by Gasteiger charge is -2.28. The zero-order chi connectivity index (χ0) is 11.2. The highest BCUT2D eigenvalue weighted by atomic mass is 16.2. The number of carbonyl (C=O) groups excluding carboxylic acids is 3. The average molecular weight is 196 g/mol. The number of allylic oxidation sites excluding steroid dienone is 2. The van der Waals surface area contributed by atoms with Gasteiger partial charge in [0.15, 0.2) is 5.78 Å². The number of ketones is 1. The Kier molecular flexibility index (Phi) is 5.03. The minimum Gasteiger partial charge on any atom is -0.295 e. The maximum Gasteiger partial charge on any atom is 0.373 e. The molecule has 0 aromatic rings. The van der Waals surface area contributed by atoms with Gasteiger partial charge in [-0.05, 0) is 24.3 Å². The second-order valence-electron chi connectivity index (χ2n) is 4.12. The predicted molar refractivity (Wildman–Crippen MR) is 51.3 cm³/mol. The van der Waals surface area contributed by atoms with Crippen molar-refractivity contribution in [2.24, 2.45) is 11.3 Å². The molecule has 1 aliphatic rings. The largest absolute Gasteiger partial charge is 0.373 e. The molecule has 1 unspecified atom stereocenters. The van der Waals surface area contributed by atoms with Gasteiger partial charge in [0.2, 0.25) is 0 Å². The van der Waals surface area contributed by atoms with Crippen molar-refractivity contribution in [1.29, 1.82) is 0 Å². The van der Waals surface area contributed by atoms with Crippen molar-refractivity contribution in [3.63, 3.8) is 0 Å². The van der Waals surface area contributed by atoms with E-state index < -0.39 is 0 Å². The Balaban J connectivity index is 0.000000500. The molecule has 1 rings (SSSR count). The van der Waals surface area contributed by atoms with E-state index >= 15 is 0 Å². The van der Waals surface area contributed by atoms with Crippen molar-refractivity contribution < 1.29 is 14.4 Å². The van der Waals surface area contributed by atoms with Gasteiger partial charge < -0.3 is 0 Å². The molecule has 0 bridgehead atoms. The summed E-state index contributed by atoms with van der Waals surface area (Å²) in [6.07, 6.45) is 6.02. The lowest BCUT2D eigenvalue weighted by atomic mass is 9.75. The van der Waals surface area contributed by atoms with E-state index in [1.807, 2.05) is 6.08 Å². The molecule has 0 amide bonds. The lowest BCUT2D eigenvalue weighted by molar-refractivity contribution is -0.191. The van der Waals surface area contributed by atoms with Crippen molar-refractivity contribution in [2.75, 3.05) is 0 Å². The van der Waals surface area contributed by atoms with E-state index in [-0.39, 0.29) is 17.5 Å². The average Bonchev–Trinajstić information content (AvgIpc) is 2.11. The fourth-order valence-corrected chi connectivity index (χ4v) is 1.59. The number of carbonyl (C=O) groups is 1. The van der Waals surface area contributed by atoms with Crippen LogP contribution in [0.15, 0.2) is 12.2 Å². The van der Waals surface area contributed by atoms with Gasteiger partial charge in [-0.25, -0.2) is 0 Å². The van der Waals surface area contributed by atoms with Crippen LogP contribution in [-0.2, 0) is 14.4 Å². The van der Waals surface area contributed by atoms with Crippen LogP contribution < -0.4 is 0 Å². The molecule has 0 heterocycles. The number of hydrogen-bond acceptors (Lipinski definition) is 3. The molecule has 1 aliphatic carbocycles. The Morgan fingerprint density at radius 3 is 2.36 bits per heavy atom. The third-order valence-electron chi connectivity index (χ3n) is 2.37. The third kappa shape index (κ3) is 4.15. The van der Waals surface area contributed by atoms with E-state index in [9.17, 15) is 4.79 Å². The van der Waals surface area contributed by atoms with Crippen molar-refractivity contribution in [3.8, 4) is 0 Å². The highest BCUT2D eigenvalue weighted by Crippen LogP contribution is 2.32. The first kappa shape index (κ1) is 12.8. The van der Waals surface area contributed by atoms with Crippen LogP contribution in [0.3, 0.4) is 0 Å². The molecule has 0 radical (unpaired) electrons. The second kappa shape index (κ2) is 5.51. The summed E-state index contributed by atoms with van der Waals surface area (Å²) < 4.78 is 0. The summed E-state index contributed by atoms with van der Waals surface area (Å²) in [5.74, 6) is 0.585. The summed E-state index contributed by atoms with van der Waals surface area (Å²) in [6, 6.07) is 0. The van der Waals surface area contributed by atoms with Gasteiger partial charge in [0.1, 0.15) is 0 Å². The Bertz CT molecular complexity index is 258. The molecule has 0 N–H and O–H groups in total. The monoisotopic (exact) mass is 196 g/mol. The van der Waals surface area contributed by atoms with Gasteiger partial charge in [-0.15, -0.1) is 0 Å². The van der Waals surface area contributed by atoms with Crippen LogP contribution in [0.25, 0.3) is 0 Å². The molecule has 0 aromatic carbocycles. The summed E-state index contributed by atoms with van der Waals surface area (Å²) >= 11 is 0. The SMILES string of the molecule is CCC1CC(C)(C)C=CC1=O.O=C=O. The summed E-state index contributed by atoms with van der Waals surface area (Å²) in [5.41, 5.74) is 0.231. The van der Waals surface area contributed by atoms with Gasteiger partial charge in [-0.1, -0.05) is 26.8 Å². The van der Waals surface area contributed by atoms with Crippen molar-refractivity contribution >= 4 is 11.9 Å². The molecule has 0 fully saturated rings. The zero-order valence-corrected chi connectivity index (χ0v) is 8.87. The van der Waals surface area contributed by atoms with Crippen molar-refractivity contribution in [1.82, 2.24) is 0 Å². The first-order valence-electron chi connectivity index (χ1n) is 4.69. The third-order valence-corrected chi connectivity index (χ3v) is 2.37. The van der Waals surface area contributed by atoms with Gasteiger partial charge in [0.25, 0.3) is 0 Å². The molecule has 0 aliphatic heterocycles. The van der Waals surface area contributed by atoms with E-state index in [0.717, 1.165) is 12.8 Å². The van der Waals surface area contributed by atoms with E-state index in [4.69, 9.17) is 9.59 Å². The molecule has 1 atom stereocenters. The second-order valence-corrected chi connectivity index (χ2v) is 4.12. The first-order valence-corrected chi connectivity index (χ1v) is 4.69. The predicted octanol–water partition coefficient (Wildman–Crippen LogP) is 1.98. The van der Waals surface area contributed by atoms with Crippen LogP contribution in [0.4, 0.5) is 0 Å². The summed E-state index contributed by atoms with van der Waals surface area (Å²) in [6.45, 7) is 6.44. The van der Waals surface area contributed by atoms with Crippen LogP contribution in [0.2, 0.25) is 0 Å².